The Bertz CT molecular complexity index is 265. The minimum atomic E-state index is 0.240. The largest absolute Gasteiger partial charge is 0.300 e. The van der Waals surface area contributed by atoms with Crippen LogP contribution in [0.4, 0.5) is 0 Å². The summed E-state index contributed by atoms with van der Waals surface area (Å²) >= 11 is 0. The second-order valence-electron chi connectivity index (χ2n) is 5.91. The second kappa shape index (κ2) is 5.65. The third-order valence-electron chi connectivity index (χ3n) is 4.04. The maximum absolute atomic E-state index is 11.4. The number of Topliss-reactive ketones (excluding diaryl/α,β-unsaturated/α-hetero) is 1. The number of carbonyl (C=O) groups is 1. The summed E-state index contributed by atoms with van der Waals surface area (Å²) in [7, 11) is 0. The van der Waals surface area contributed by atoms with E-state index in [0.717, 1.165) is 6.42 Å². The van der Waals surface area contributed by atoms with E-state index in [9.17, 15) is 4.79 Å². The molecule has 1 aliphatic rings. The molecule has 0 aromatic rings. The van der Waals surface area contributed by atoms with Crippen molar-refractivity contribution in [1.82, 2.24) is 0 Å². The molecule has 1 fully saturated rings. The summed E-state index contributed by atoms with van der Waals surface area (Å²) in [6, 6.07) is 0. The molecule has 1 rings (SSSR count). The van der Waals surface area contributed by atoms with Gasteiger partial charge in [-0.3, -0.25) is 4.79 Å². The summed E-state index contributed by atoms with van der Waals surface area (Å²) in [5.74, 6) is 0.590. The Morgan fingerprint density at radius 3 is 2.25 bits per heavy atom. The van der Waals surface area contributed by atoms with Crippen molar-refractivity contribution in [1.29, 1.82) is 0 Å². The van der Waals surface area contributed by atoms with Crippen molar-refractivity contribution in [3.8, 4) is 0 Å². The van der Waals surface area contributed by atoms with Gasteiger partial charge >= 0.3 is 0 Å². The van der Waals surface area contributed by atoms with Crippen LogP contribution in [0.2, 0.25) is 0 Å². The smallest absolute Gasteiger partial charge is 0.132 e. The molecule has 0 bridgehead atoms. The molecule has 16 heavy (non-hydrogen) atoms. The summed E-state index contributed by atoms with van der Waals surface area (Å²) in [5, 5.41) is 0. The van der Waals surface area contributed by atoms with Crippen molar-refractivity contribution >= 4 is 5.78 Å². The molecule has 1 heteroatoms. The summed E-state index contributed by atoms with van der Waals surface area (Å²) in [6.07, 6.45) is 9.95. The van der Waals surface area contributed by atoms with Gasteiger partial charge in [0.2, 0.25) is 0 Å². The van der Waals surface area contributed by atoms with Crippen LogP contribution >= 0.6 is 0 Å². The number of rotatable bonds is 5. The Balaban J connectivity index is 2.65. The normalized spacial score (nSPS) is 20.5. The maximum Gasteiger partial charge on any atom is 0.132 e. The van der Waals surface area contributed by atoms with Gasteiger partial charge in [0.1, 0.15) is 5.78 Å². The van der Waals surface area contributed by atoms with Crippen LogP contribution in [0.25, 0.3) is 0 Å². The summed E-state index contributed by atoms with van der Waals surface area (Å²) in [4.78, 5) is 11.4. The molecular weight excluding hydrogens is 196 g/mol. The van der Waals surface area contributed by atoms with Crippen LogP contribution in [0, 0.1) is 11.3 Å². The summed E-state index contributed by atoms with van der Waals surface area (Å²) in [5.41, 5.74) is 1.84. The first-order chi connectivity index (χ1) is 7.45. The lowest BCUT2D eigenvalue weighted by Gasteiger charge is -2.30. The number of hydrogen-bond donors (Lipinski definition) is 0. The predicted molar refractivity (Wildman–Crippen MR) is 69.4 cm³/mol. The average Bonchev–Trinajstić information content (AvgIpc) is 2.64. The SMILES string of the molecule is CC(=O)C(C)CC1(CC=C(C)C)CCCC1. The van der Waals surface area contributed by atoms with Gasteiger partial charge in [0, 0.05) is 5.92 Å². The van der Waals surface area contributed by atoms with E-state index >= 15 is 0 Å². The average molecular weight is 222 g/mol. The quantitative estimate of drug-likeness (QED) is 0.625. The second-order valence-corrected chi connectivity index (χ2v) is 5.91. The zero-order valence-corrected chi connectivity index (χ0v) is 11.3. The minimum Gasteiger partial charge on any atom is -0.300 e. The van der Waals surface area contributed by atoms with Crippen LogP contribution in [0.1, 0.15) is 66.2 Å². The fourth-order valence-electron chi connectivity index (χ4n) is 2.83. The molecule has 1 saturated carbocycles. The lowest BCUT2D eigenvalue weighted by Crippen LogP contribution is -2.22. The van der Waals surface area contributed by atoms with Crippen molar-refractivity contribution in [3.63, 3.8) is 0 Å². The number of hydrogen-bond acceptors (Lipinski definition) is 1. The van der Waals surface area contributed by atoms with Crippen LogP contribution in [-0.2, 0) is 4.79 Å². The molecule has 0 N–H and O–H groups in total. The van der Waals surface area contributed by atoms with Crippen molar-refractivity contribution < 1.29 is 4.79 Å². The van der Waals surface area contributed by atoms with Gasteiger partial charge in [0.05, 0.1) is 0 Å². The molecule has 0 radical (unpaired) electrons. The van der Waals surface area contributed by atoms with Gasteiger partial charge in [0.25, 0.3) is 0 Å². The van der Waals surface area contributed by atoms with E-state index in [1.165, 1.54) is 37.7 Å². The molecule has 1 aliphatic carbocycles. The molecule has 0 aliphatic heterocycles. The van der Waals surface area contributed by atoms with Crippen molar-refractivity contribution in [2.45, 2.75) is 66.2 Å². The van der Waals surface area contributed by atoms with E-state index in [-0.39, 0.29) is 5.92 Å². The van der Waals surface area contributed by atoms with Crippen LogP contribution in [0.15, 0.2) is 11.6 Å². The third kappa shape index (κ3) is 3.77. The standard InChI is InChI=1S/C15H26O/c1-12(2)7-10-15(8-5-6-9-15)11-13(3)14(4)16/h7,13H,5-6,8-11H2,1-4H3. The molecule has 0 aromatic heterocycles. The Morgan fingerprint density at radius 2 is 1.81 bits per heavy atom. The molecule has 1 unspecified atom stereocenters. The van der Waals surface area contributed by atoms with E-state index in [2.05, 4.69) is 26.8 Å². The monoisotopic (exact) mass is 222 g/mol. The molecule has 1 nitrogen and oxygen atoms in total. The van der Waals surface area contributed by atoms with Gasteiger partial charge < -0.3 is 0 Å². The van der Waals surface area contributed by atoms with Gasteiger partial charge in [-0.1, -0.05) is 31.4 Å². The van der Waals surface area contributed by atoms with Gasteiger partial charge in [-0.05, 0) is 51.9 Å². The first-order valence-corrected chi connectivity index (χ1v) is 6.59. The van der Waals surface area contributed by atoms with Gasteiger partial charge in [-0.25, -0.2) is 0 Å². The lowest BCUT2D eigenvalue weighted by molar-refractivity contribution is -0.121. The van der Waals surface area contributed by atoms with Crippen LogP contribution < -0.4 is 0 Å². The van der Waals surface area contributed by atoms with Crippen molar-refractivity contribution in [3.05, 3.63) is 11.6 Å². The van der Waals surface area contributed by atoms with E-state index in [1.807, 2.05) is 0 Å². The Kier molecular flexibility index (Phi) is 4.76. The van der Waals surface area contributed by atoms with Crippen LogP contribution in [0.5, 0.6) is 0 Å². The van der Waals surface area contributed by atoms with Crippen molar-refractivity contribution in [2.24, 2.45) is 11.3 Å². The highest BCUT2D eigenvalue weighted by Gasteiger charge is 2.34. The molecule has 0 aromatic carbocycles. The molecule has 0 heterocycles. The number of ketones is 1. The molecular formula is C15H26O. The summed E-state index contributed by atoms with van der Waals surface area (Å²) < 4.78 is 0. The first kappa shape index (κ1) is 13.5. The predicted octanol–water partition coefficient (Wildman–Crippen LogP) is 4.52. The van der Waals surface area contributed by atoms with E-state index in [1.54, 1.807) is 6.92 Å². The number of allylic oxidation sites excluding steroid dienone is 2. The van der Waals surface area contributed by atoms with Crippen LogP contribution in [0.3, 0.4) is 0 Å². The highest BCUT2D eigenvalue weighted by atomic mass is 16.1. The highest BCUT2D eigenvalue weighted by Crippen LogP contribution is 2.46. The van der Waals surface area contributed by atoms with E-state index in [4.69, 9.17) is 0 Å². The fourth-order valence-corrected chi connectivity index (χ4v) is 2.83. The Labute approximate surface area is 100 Å². The molecule has 0 saturated heterocycles. The molecule has 92 valence electrons. The zero-order chi connectivity index (χ0) is 12.2. The Morgan fingerprint density at radius 1 is 1.25 bits per heavy atom. The van der Waals surface area contributed by atoms with Gasteiger partial charge in [0.15, 0.2) is 0 Å². The minimum absolute atomic E-state index is 0.240. The summed E-state index contributed by atoms with van der Waals surface area (Å²) in [6.45, 7) is 8.15. The topological polar surface area (TPSA) is 17.1 Å². The number of carbonyl (C=O) groups excluding carboxylic acids is 1. The molecule has 0 spiro atoms. The molecule has 1 atom stereocenters. The van der Waals surface area contributed by atoms with Crippen molar-refractivity contribution in [2.75, 3.05) is 0 Å². The fraction of sp³-hybridized carbons (Fsp3) is 0.800. The van der Waals surface area contributed by atoms with Crippen LogP contribution in [-0.4, -0.2) is 5.78 Å². The first-order valence-electron chi connectivity index (χ1n) is 6.59. The third-order valence-corrected chi connectivity index (χ3v) is 4.04. The molecule has 0 amide bonds. The highest BCUT2D eigenvalue weighted by molar-refractivity contribution is 5.77. The van der Waals surface area contributed by atoms with Gasteiger partial charge in [-0.2, -0.15) is 0 Å². The zero-order valence-electron chi connectivity index (χ0n) is 11.3. The van der Waals surface area contributed by atoms with E-state index in [0.29, 0.717) is 11.2 Å². The lowest BCUT2D eigenvalue weighted by atomic mass is 9.74. The Hall–Kier alpha value is -0.590. The van der Waals surface area contributed by atoms with E-state index < -0.39 is 0 Å². The maximum atomic E-state index is 11.4. The van der Waals surface area contributed by atoms with Gasteiger partial charge in [-0.15, -0.1) is 0 Å².